The molecule has 2 N–H and O–H groups in total. The topological polar surface area (TPSA) is 56.6 Å². The van der Waals surface area contributed by atoms with Crippen molar-refractivity contribution in [2.24, 2.45) is 0 Å². The minimum absolute atomic E-state index is 0.0531. The molecule has 1 aliphatic heterocycles. The van der Waals surface area contributed by atoms with E-state index in [0.29, 0.717) is 5.75 Å². The van der Waals surface area contributed by atoms with Gasteiger partial charge in [0.25, 0.3) is 0 Å². The fourth-order valence-corrected chi connectivity index (χ4v) is 2.37. The first kappa shape index (κ1) is 8.86. The maximum Gasteiger partial charge on any atom is 0.127 e. The van der Waals surface area contributed by atoms with Gasteiger partial charge in [0.1, 0.15) is 12.4 Å². The number of hydrogen-bond acceptors (Lipinski definition) is 3. The zero-order valence-electron chi connectivity index (χ0n) is 23.5. The normalized spacial score (nSPS) is 31.6. The van der Waals surface area contributed by atoms with Crippen molar-refractivity contribution in [2.75, 3.05) is 19.6 Å². The lowest BCUT2D eigenvalue weighted by Gasteiger charge is -2.29. The van der Waals surface area contributed by atoms with Gasteiger partial charge in [0.05, 0.1) is 11.9 Å². The minimum atomic E-state index is -3.56. The summed E-state index contributed by atoms with van der Waals surface area (Å²) in [6.45, 7) is -7.25. The summed E-state index contributed by atoms with van der Waals surface area (Å²) >= 11 is 0. The Morgan fingerprint density at radius 2 is 1.76 bits per heavy atom. The van der Waals surface area contributed by atoms with Crippen molar-refractivity contribution in [1.29, 1.82) is 5.41 Å². The average molecular weight is 349 g/mol. The van der Waals surface area contributed by atoms with E-state index >= 15 is 0 Å². The van der Waals surface area contributed by atoms with Crippen LogP contribution in [0.1, 0.15) is 39.2 Å². The predicted molar refractivity (Wildman–Crippen MR) is 101 cm³/mol. The number of nitrogens with one attached hydrogen (secondary N) is 1. The van der Waals surface area contributed by atoms with Gasteiger partial charge in [-0.05, 0) is 30.7 Å². The SMILES string of the molecule is [2H]C1([2H])N(C(=N)CC(O)COc2ccccc2-c2ccccc2)C([2H])([2H])C([2H])([2H])C([2H])([2H])C1([2H])[2H]. The summed E-state index contributed by atoms with van der Waals surface area (Å²) in [6, 6.07) is 16.3. The number of para-hydroxylation sites is 1. The molecule has 0 saturated carbocycles. The Morgan fingerprint density at radius 1 is 1.08 bits per heavy atom. The summed E-state index contributed by atoms with van der Waals surface area (Å²) in [5, 5.41) is 18.7. The van der Waals surface area contributed by atoms with Crippen LogP contribution in [0.5, 0.6) is 5.75 Å². The second-order valence-electron chi connectivity index (χ2n) is 5.41. The lowest BCUT2D eigenvalue weighted by Crippen LogP contribution is -2.37. The Bertz CT molecular complexity index is 1050. The van der Waals surface area contributed by atoms with Gasteiger partial charge in [-0.15, -0.1) is 0 Å². The van der Waals surface area contributed by atoms with E-state index < -0.39 is 50.5 Å². The molecule has 0 bridgehead atoms. The number of piperidine rings is 1. The summed E-state index contributed by atoms with van der Waals surface area (Å²) in [6.07, 6.45) is -12.8. The molecule has 2 aromatic carbocycles. The van der Waals surface area contributed by atoms with Crippen molar-refractivity contribution in [1.82, 2.24) is 4.90 Å². The Balaban J connectivity index is 1.80. The Morgan fingerprint density at radius 3 is 2.52 bits per heavy atom. The molecule has 0 aliphatic carbocycles. The molecule has 132 valence electrons. The first-order chi connectivity index (χ1) is 16.0. The highest BCUT2D eigenvalue weighted by molar-refractivity contribution is 5.79. The summed E-state index contributed by atoms with van der Waals surface area (Å²) in [7, 11) is 0. The van der Waals surface area contributed by atoms with E-state index in [1.54, 1.807) is 12.1 Å². The lowest BCUT2D eigenvalue weighted by molar-refractivity contribution is 0.110. The zero-order valence-corrected chi connectivity index (χ0v) is 13.5. The van der Waals surface area contributed by atoms with Gasteiger partial charge in [0, 0.05) is 38.7 Å². The van der Waals surface area contributed by atoms with Crippen LogP contribution < -0.4 is 4.74 Å². The summed E-state index contributed by atoms with van der Waals surface area (Å²) in [5.74, 6) is -0.510. The first-order valence-corrected chi connectivity index (χ1v) is 7.83. The zero-order chi connectivity index (χ0) is 26.4. The highest BCUT2D eigenvalue weighted by Crippen LogP contribution is 2.29. The summed E-state index contributed by atoms with van der Waals surface area (Å²) < 4.78 is 85.7. The van der Waals surface area contributed by atoms with E-state index in [9.17, 15) is 5.11 Å². The van der Waals surface area contributed by atoms with Crippen molar-refractivity contribution in [3.05, 3.63) is 54.6 Å². The van der Waals surface area contributed by atoms with Crippen molar-refractivity contribution in [3.8, 4) is 16.9 Å². The number of rotatable bonds is 6. The molecule has 0 aromatic heterocycles. The maximum atomic E-state index is 10.5. The van der Waals surface area contributed by atoms with Crippen LogP contribution in [-0.2, 0) is 0 Å². The number of amidine groups is 1. The Kier molecular flexibility index (Phi) is 3.07. The smallest absolute Gasteiger partial charge is 0.127 e. The van der Waals surface area contributed by atoms with Gasteiger partial charge in [-0.25, -0.2) is 0 Å². The molecule has 2 aromatic rings. The fraction of sp³-hybridized carbons (Fsp3) is 0.381. The molecule has 1 saturated heterocycles. The monoisotopic (exact) mass is 348 g/mol. The highest BCUT2D eigenvalue weighted by atomic mass is 16.5. The molecule has 0 spiro atoms. The van der Waals surface area contributed by atoms with E-state index in [1.807, 2.05) is 42.5 Å². The number of benzene rings is 2. The lowest BCUT2D eigenvalue weighted by atomic mass is 10.0. The number of nitrogens with zero attached hydrogens (tertiary/aromatic N) is 1. The molecule has 4 heteroatoms. The molecule has 1 heterocycles. The third-order valence-corrected chi connectivity index (χ3v) is 3.56. The van der Waals surface area contributed by atoms with E-state index in [4.69, 9.17) is 23.9 Å². The number of ether oxygens (including phenoxy) is 1. The van der Waals surface area contributed by atoms with Crippen LogP contribution in [0.4, 0.5) is 0 Å². The molecule has 1 atom stereocenters. The molecule has 0 radical (unpaired) electrons. The standard InChI is InChI=1S/C21H26N2O2/c22-21(23-13-7-2-8-14-23)15-18(24)16-25-20-12-6-5-11-19(20)17-9-3-1-4-10-17/h1,3-6,9-12,18,22,24H,2,7-8,13-16H2/i2D2,7D2,8D2,13D2,14D2. The maximum absolute atomic E-state index is 10.5. The van der Waals surface area contributed by atoms with Crippen LogP contribution in [0.25, 0.3) is 11.1 Å². The second kappa shape index (κ2) is 8.67. The molecule has 1 aliphatic rings. The van der Waals surface area contributed by atoms with Gasteiger partial charge < -0.3 is 14.7 Å². The number of aliphatic hydroxyl groups is 1. The van der Waals surface area contributed by atoms with E-state index in [2.05, 4.69) is 0 Å². The molecule has 0 amide bonds. The number of likely N-dealkylation sites (tertiary alicyclic amines) is 1. The van der Waals surface area contributed by atoms with Crippen LogP contribution in [0.15, 0.2) is 54.6 Å². The third-order valence-electron chi connectivity index (χ3n) is 3.56. The van der Waals surface area contributed by atoms with Crippen molar-refractivity contribution >= 4 is 5.84 Å². The van der Waals surface area contributed by atoms with Crippen LogP contribution in [0.2, 0.25) is 0 Å². The number of aliphatic hydroxyl groups excluding tert-OH is 1. The van der Waals surface area contributed by atoms with Gasteiger partial charge in [0.15, 0.2) is 0 Å². The van der Waals surface area contributed by atoms with Crippen LogP contribution in [0.3, 0.4) is 0 Å². The predicted octanol–water partition coefficient (Wildman–Crippen LogP) is 3.95. The second-order valence-corrected chi connectivity index (χ2v) is 5.41. The third kappa shape index (κ3) is 4.83. The summed E-state index contributed by atoms with van der Waals surface area (Å²) in [4.78, 5) is -0.0531. The van der Waals surface area contributed by atoms with Crippen molar-refractivity contribution in [3.63, 3.8) is 0 Å². The van der Waals surface area contributed by atoms with E-state index in [-0.39, 0.29) is 11.5 Å². The van der Waals surface area contributed by atoms with E-state index in [0.717, 1.165) is 11.1 Å². The van der Waals surface area contributed by atoms with Crippen molar-refractivity contribution < 1.29 is 23.6 Å². The van der Waals surface area contributed by atoms with Gasteiger partial charge in [-0.2, -0.15) is 0 Å². The van der Waals surface area contributed by atoms with Crippen LogP contribution in [0, 0.1) is 5.41 Å². The van der Waals surface area contributed by atoms with E-state index in [1.165, 1.54) is 0 Å². The Labute approximate surface area is 163 Å². The Hall–Kier alpha value is -2.33. The van der Waals surface area contributed by atoms with Crippen molar-refractivity contribution in [2.45, 2.75) is 31.6 Å². The largest absolute Gasteiger partial charge is 0.490 e. The average Bonchev–Trinajstić information content (AvgIpc) is 2.77. The van der Waals surface area contributed by atoms with Gasteiger partial charge in [-0.1, -0.05) is 48.5 Å². The minimum Gasteiger partial charge on any atom is -0.490 e. The molecular formula is C21H26N2O2. The van der Waals surface area contributed by atoms with Gasteiger partial charge >= 0.3 is 0 Å². The van der Waals surface area contributed by atoms with Gasteiger partial charge in [0.2, 0.25) is 0 Å². The molecular weight excluding hydrogens is 312 g/mol. The molecule has 25 heavy (non-hydrogen) atoms. The molecule has 3 rings (SSSR count). The van der Waals surface area contributed by atoms with Crippen LogP contribution >= 0.6 is 0 Å². The first-order valence-electron chi connectivity index (χ1n) is 12.8. The van der Waals surface area contributed by atoms with Crippen LogP contribution in [-0.4, -0.2) is 41.5 Å². The van der Waals surface area contributed by atoms with Gasteiger partial charge in [-0.3, -0.25) is 5.41 Å². The fourth-order valence-electron chi connectivity index (χ4n) is 2.37. The molecule has 1 fully saturated rings. The molecule has 4 nitrogen and oxygen atoms in total. The number of hydrogen-bond donors (Lipinski definition) is 2. The quantitative estimate of drug-likeness (QED) is 0.614. The molecule has 1 unspecified atom stereocenters. The highest BCUT2D eigenvalue weighted by Gasteiger charge is 2.17. The summed E-state index contributed by atoms with van der Waals surface area (Å²) in [5.41, 5.74) is 1.60.